The number of fused-ring (bicyclic) bond motifs is 7. The van der Waals surface area contributed by atoms with E-state index in [0.29, 0.717) is 17.5 Å². The van der Waals surface area contributed by atoms with Crippen LogP contribution in [0.1, 0.15) is 0 Å². The van der Waals surface area contributed by atoms with Crippen molar-refractivity contribution in [1.82, 2.24) is 15.0 Å². The zero-order valence-corrected chi connectivity index (χ0v) is 29.7. The molecule has 0 spiro atoms. The lowest BCUT2D eigenvalue weighted by molar-refractivity contribution is 0.669. The molecule has 4 nitrogen and oxygen atoms in total. The minimum atomic E-state index is 0.600. The van der Waals surface area contributed by atoms with Gasteiger partial charge in [-0.25, -0.2) is 15.0 Å². The van der Waals surface area contributed by atoms with Crippen molar-refractivity contribution in [2.24, 2.45) is 0 Å². The average molecular weight is 708 g/mol. The third-order valence-corrected chi connectivity index (χ3v) is 11.4. The van der Waals surface area contributed by atoms with Gasteiger partial charge in [-0.3, -0.25) is 0 Å². The molecule has 0 saturated carbocycles. The monoisotopic (exact) mass is 707 g/mol. The largest absolute Gasteiger partial charge is 0.456 e. The Morgan fingerprint density at radius 1 is 0.352 bits per heavy atom. The van der Waals surface area contributed by atoms with Crippen molar-refractivity contribution in [3.05, 3.63) is 176 Å². The fourth-order valence-electron chi connectivity index (χ4n) is 7.73. The topological polar surface area (TPSA) is 51.8 Å². The predicted molar refractivity (Wildman–Crippen MR) is 225 cm³/mol. The van der Waals surface area contributed by atoms with Crippen molar-refractivity contribution in [2.45, 2.75) is 0 Å². The van der Waals surface area contributed by atoms with E-state index in [4.69, 9.17) is 19.4 Å². The molecule has 3 heterocycles. The van der Waals surface area contributed by atoms with E-state index in [1.165, 1.54) is 42.2 Å². The molecule has 54 heavy (non-hydrogen) atoms. The Labute approximate surface area is 314 Å². The van der Waals surface area contributed by atoms with Crippen LogP contribution in [0.3, 0.4) is 0 Å². The average Bonchev–Trinajstić information content (AvgIpc) is 3.82. The van der Waals surface area contributed by atoms with Gasteiger partial charge in [-0.1, -0.05) is 133 Å². The molecule has 0 amide bonds. The molecule has 252 valence electrons. The molecule has 3 aromatic heterocycles. The Morgan fingerprint density at radius 2 is 1.06 bits per heavy atom. The van der Waals surface area contributed by atoms with E-state index in [0.717, 1.165) is 49.6 Å². The molecule has 5 heteroatoms. The van der Waals surface area contributed by atoms with E-state index in [9.17, 15) is 0 Å². The van der Waals surface area contributed by atoms with Crippen LogP contribution in [0, 0.1) is 0 Å². The van der Waals surface area contributed by atoms with Gasteiger partial charge in [0.05, 0.1) is 0 Å². The minimum absolute atomic E-state index is 0.600. The molecule has 0 aliphatic carbocycles. The van der Waals surface area contributed by atoms with Crippen molar-refractivity contribution in [1.29, 1.82) is 0 Å². The molecule has 0 aliphatic heterocycles. The highest BCUT2D eigenvalue weighted by molar-refractivity contribution is 7.26. The summed E-state index contributed by atoms with van der Waals surface area (Å²) in [7, 11) is 0. The van der Waals surface area contributed by atoms with Gasteiger partial charge in [-0.15, -0.1) is 11.3 Å². The summed E-state index contributed by atoms with van der Waals surface area (Å²) in [6.07, 6.45) is 0. The van der Waals surface area contributed by atoms with Crippen LogP contribution in [0.4, 0.5) is 0 Å². The summed E-state index contributed by atoms with van der Waals surface area (Å²) in [5.41, 5.74) is 9.09. The van der Waals surface area contributed by atoms with Crippen molar-refractivity contribution in [2.75, 3.05) is 0 Å². The van der Waals surface area contributed by atoms with Crippen molar-refractivity contribution < 1.29 is 4.42 Å². The molecule has 11 rings (SSSR count). The van der Waals surface area contributed by atoms with Gasteiger partial charge >= 0.3 is 0 Å². The Hall–Kier alpha value is -6.95. The van der Waals surface area contributed by atoms with Crippen LogP contribution in [0.2, 0.25) is 0 Å². The molecule has 0 aliphatic rings. The Bertz CT molecular complexity index is 3220. The molecule has 0 unspecified atom stereocenters. The second kappa shape index (κ2) is 12.3. The lowest BCUT2D eigenvalue weighted by atomic mass is 9.93. The predicted octanol–water partition coefficient (Wildman–Crippen LogP) is 13.6. The van der Waals surface area contributed by atoms with E-state index in [-0.39, 0.29) is 0 Å². The van der Waals surface area contributed by atoms with Crippen LogP contribution in [-0.2, 0) is 0 Å². The maximum atomic E-state index is 6.55. The molecular weight excluding hydrogens is 679 g/mol. The van der Waals surface area contributed by atoms with E-state index in [2.05, 4.69) is 133 Å². The number of thiophene rings is 1. The first-order valence-corrected chi connectivity index (χ1v) is 18.8. The van der Waals surface area contributed by atoms with Crippen LogP contribution < -0.4 is 0 Å². The molecule has 8 aromatic carbocycles. The number of hydrogen-bond donors (Lipinski definition) is 0. The summed E-state index contributed by atoms with van der Waals surface area (Å²) in [5, 5.41) is 6.85. The highest BCUT2D eigenvalue weighted by Crippen LogP contribution is 2.45. The van der Waals surface area contributed by atoms with Crippen molar-refractivity contribution in [3.8, 4) is 56.4 Å². The van der Waals surface area contributed by atoms with Crippen LogP contribution in [0.15, 0.2) is 180 Å². The van der Waals surface area contributed by atoms with Crippen LogP contribution in [0.5, 0.6) is 0 Å². The number of benzene rings is 8. The Morgan fingerprint density at radius 3 is 1.91 bits per heavy atom. The zero-order chi connectivity index (χ0) is 35.6. The maximum absolute atomic E-state index is 6.55. The zero-order valence-electron chi connectivity index (χ0n) is 28.9. The quantitative estimate of drug-likeness (QED) is 0.179. The van der Waals surface area contributed by atoms with E-state index in [1.807, 2.05) is 53.8 Å². The fourth-order valence-corrected chi connectivity index (χ4v) is 8.90. The number of furan rings is 1. The third-order valence-electron chi connectivity index (χ3n) is 10.3. The van der Waals surface area contributed by atoms with E-state index >= 15 is 0 Å². The van der Waals surface area contributed by atoms with Gasteiger partial charge in [0.1, 0.15) is 11.2 Å². The SMILES string of the molecule is c1ccc(-c2cc(-c3ccc4oc5cccc(-c6nc(-c7ccccc7)nc(-c7ccc8ccccc8c7)n6)c5c4c3)c3c(c2)sc2ccccc23)cc1. The van der Waals surface area contributed by atoms with Crippen molar-refractivity contribution in [3.63, 3.8) is 0 Å². The fraction of sp³-hybridized carbons (Fsp3) is 0. The third kappa shape index (κ3) is 5.09. The van der Waals surface area contributed by atoms with Gasteiger partial charge in [-0.2, -0.15) is 0 Å². The van der Waals surface area contributed by atoms with Gasteiger partial charge in [0.15, 0.2) is 17.5 Å². The van der Waals surface area contributed by atoms with Crippen LogP contribution in [-0.4, -0.2) is 15.0 Å². The summed E-state index contributed by atoms with van der Waals surface area (Å²) in [6.45, 7) is 0. The maximum Gasteiger partial charge on any atom is 0.164 e. The van der Waals surface area contributed by atoms with Gasteiger partial charge in [-0.05, 0) is 75.5 Å². The standard InChI is InChI=1S/C49H29N3OS/c1-3-12-30(13-4-1)36-28-39(46-37-18-9-10-21-43(37)54-44(46)29-36)34-24-25-41-40(27-34)45-38(19-11-20-42(45)53-41)49-51-47(32-15-5-2-6-16-32)50-48(52-49)35-23-22-31-14-7-8-17-33(31)26-35/h1-29H. The summed E-state index contributed by atoms with van der Waals surface area (Å²) in [6, 6.07) is 61.6. The first-order valence-electron chi connectivity index (χ1n) is 18.0. The van der Waals surface area contributed by atoms with Gasteiger partial charge in [0.25, 0.3) is 0 Å². The lowest BCUT2D eigenvalue weighted by Crippen LogP contribution is -2.00. The van der Waals surface area contributed by atoms with Crippen LogP contribution in [0.25, 0.3) is 109 Å². The molecule has 0 saturated heterocycles. The molecule has 0 atom stereocenters. The number of nitrogens with zero attached hydrogens (tertiary/aromatic N) is 3. The van der Waals surface area contributed by atoms with E-state index < -0.39 is 0 Å². The van der Waals surface area contributed by atoms with Gasteiger partial charge in [0.2, 0.25) is 0 Å². The summed E-state index contributed by atoms with van der Waals surface area (Å²) in [5.74, 6) is 1.85. The summed E-state index contributed by atoms with van der Waals surface area (Å²) < 4.78 is 9.10. The van der Waals surface area contributed by atoms with Crippen LogP contribution >= 0.6 is 11.3 Å². The molecule has 0 radical (unpaired) electrons. The highest BCUT2D eigenvalue weighted by Gasteiger charge is 2.20. The lowest BCUT2D eigenvalue weighted by Gasteiger charge is -2.11. The highest BCUT2D eigenvalue weighted by atomic mass is 32.1. The second-order valence-corrected chi connectivity index (χ2v) is 14.7. The summed E-state index contributed by atoms with van der Waals surface area (Å²) in [4.78, 5) is 15.3. The minimum Gasteiger partial charge on any atom is -0.456 e. The molecule has 0 N–H and O–H groups in total. The Balaban J connectivity index is 1.15. The first kappa shape index (κ1) is 30.7. The normalized spacial score (nSPS) is 11.7. The molecular formula is C49H29N3OS. The molecule has 0 bridgehead atoms. The van der Waals surface area contributed by atoms with Crippen molar-refractivity contribution >= 4 is 64.2 Å². The first-order chi connectivity index (χ1) is 26.7. The number of aromatic nitrogens is 3. The molecule has 11 aromatic rings. The molecule has 0 fully saturated rings. The van der Waals surface area contributed by atoms with E-state index in [1.54, 1.807) is 0 Å². The number of rotatable bonds is 5. The summed E-state index contributed by atoms with van der Waals surface area (Å²) >= 11 is 1.85. The number of hydrogen-bond acceptors (Lipinski definition) is 5. The van der Waals surface area contributed by atoms with Gasteiger partial charge < -0.3 is 4.42 Å². The van der Waals surface area contributed by atoms with Gasteiger partial charge in [0, 0.05) is 47.6 Å². The Kier molecular flexibility index (Phi) is 7.00. The second-order valence-electron chi connectivity index (χ2n) is 13.6. The smallest absolute Gasteiger partial charge is 0.164 e.